The smallest absolute Gasteiger partial charge is 0.257 e. The summed E-state index contributed by atoms with van der Waals surface area (Å²) in [5.74, 6) is 1.83. The number of benzene rings is 2. The molecule has 0 aliphatic carbocycles. The molecule has 0 unspecified atom stereocenters. The maximum absolute atomic E-state index is 12.4. The summed E-state index contributed by atoms with van der Waals surface area (Å²) in [4.78, 5) is 12.4. The van der Waals surface area contributed by atoms with Crippen LogP contribution in [0.4, 0.5) is 0 Å². The van der Waals surface area contributed by atoms with E-state index in [0.717, 1.165) is 29.9 Å². The SMILES string of the molecule is CCCCOc1ccc(CNC(=S)NC(=O)c2ccc(OC(C)C)cc2)cc1OC. The summed E-state index contributed by atoms with van der Waals surface area (Å²) in [6, 6.07) is 12.7. The van der Waals surface area contributed by atoms with Gasteiger partial charge < -0.3 is 19.5 Å². The zero-order valence-electron chi connectivity index (χ0n) is 18.0. The van der Waals surface area contributed by atoms with Crippen molar-refractivity contribution in [3.63, 3.8) is 0 Å². The molecule has 0 saturated carbocycles. The van der Waals surface area contributed by atoms with Gasteiger partial charge >= 0.3 is 0 Å². The van der Waals surface area contributed by atoms with Crippen LogP contribution < -0.4 is 24.8 Å². The van der Waals surface area contributed by atoms with Crippen LogP contribution >= 0.6 is 12.2 Å². The normalized spacial score (nSPS) is 10.4. The molecular weight excluding hydrogens is 400 g/mol. The van der Waals surface area contributed by atoms with Gasteiger partial charge in [0.1, 0.15) is 5.75 Å². The van der Waals surface area contributed by atoms with E-state index in [1.165, 1.54) is 0 Å². The summed E-state index contributed by atoms with van der Waals surface area (Å²) < 4.78 is 16.7. The van der Waals surface area contributed by atoms with Gasteiger partial charge in [-0.2, -0.15) is 0 Å². The van der Waals surface area contributed by atoms with E-state index in [1.54, 1.807) is 31.4 Å². The highest BCUT2D eigenvalue weighted by Crippen LogP contribution is 2.28. The Bertz CT molecular complexity index is 838. The van der Waals surface area contributed by atoms with Gasteiger partial charge in [0.15, 0.2) is 16.6 Å². The summed E-state index contributed by atoms with van der Waals surface area (Å²) in [7, 11) is 1.61. The minimum atomic E-state index is -0.277. The van der Waals surface area contributed by atoms with Crippen LogP contribution in [0.1, 0.15) is 49.5 Å². The fraction of sp³-hybridized carbons (Fsp3) is 0.391. The molecule has 1 amide bonds. The number of methoxy groups -OCH3 is 1. The quantitative estimate of drug-likeness (QED) is 0.428. The van der Waals surface area contributed by atoms with Crippen LogP contribution in [-0.4, -0.2) is 30.8 Å². The second-order valence-electron chi connectivity index (χ2n) is 7.02. The van der Waals surface area contributed by atoms with E-state index in [2.05, 4.69) is 17.6 Å². The minimum Gasteiger partial charge on any atom is -0.493 e. The highest BCUT2D eigenvalue weighted by atomic mass is 32.1. The van der Waals surface area contributed by atoms with Gasteiger partial charge in [0.2, 0.25) is 0 Å². The second kappa shape index (κ2) is 12.0. The first kappa shape index (κ1) is 23.5. The van der Waals surface area contributed by atoms with Crippen LogP contribution in [-0.2, 0) is 6.54 Å². The Morgan fingerprint density at radius 1 is 1.10 bits per heavy atom. The van der Waals surface area contributed by atoms with Crippen molar-refractivity contribution in [1.29, 1.82) is 0 Å². The number of hydrogen-bond acceptors (Lipinski definition) is 5. The number of unbranched alkanes of at least 4 members (excludes halogenated alkanes) is 1. The van der Waals surface area contributed by atoms with Crippen molar-refractivity contribution in [3.05, 3.63) is 53.6 Å². The van der Waals surface area contributed by atoms with E-state index in [0.29, 0.717) is 24.5 Å². The summed E-state index contributed by atoms with van der Waals surface area (Å²) in [6.45, 7) is 7.13. The molecule has 0 aliphatic rings. The molecule has 7 heteroatoms. The predicted octanol–water partition coefficient (Wildman–Crippen LogP) is 4.47. The first-order chi connectivity index (χ1) is 14.4. The van der Waals surface area contributed by atoms with Gasteiger partial charge in [-0.25, -0.2) is 0 Å². The van der Waals surface area contributed by atoms with Crippen LogP contribution in [0.5, 0.6) is 17.2 Å². The molecule has 2 N–H and O–H groups in total. The number of nitrogens with one attached hydrogen (secondary N) is 2. The maximum atomic E-state index is 12.4. The highest BCUT2D eigenvalue weighted by molar-refractivity contribution is 7.80. The molecule has 0 atom stereocenters. The molecule has 30 heavy (non-hydrogen) atoms. The summed E-state index contributed by atoms with van der Waals surface area (Å²) in [6.07, 6.45) is 2.15. The number of carbonyl (C=O) groups excluding carboxylic acids is 1. The van der Waals surface area contributed by atoms with E-state index in [9.17, 15) is 4.79 Å². The number of ether oxygens (including phenoxy) is 3. The van der Waals surface area contributed by atoms with Gasteiger partial charge in [-0.3, -0.25) is 10.1 Å². The largest absolute Gasteiger partial charge is 0.493 e. The zero-order chi connectivity index (χ0) is 21.9. The first-order valence-electron chi connectivity index (χ1n) is 10.1. The molecule has 6 nitrogen and oxygen atoms in total. The molecule has 2 aromatic rings. The van der Waals surface area contributed by atoms with E-state index in [1.807, 2.05) is 32.0 Å². The lowest BCUT2D eigenvalue weighted by Gasteiger charge is -2.14. The van der Waals surface area contributed by atoms with E-state index < -0.39 is 0 Å². The van der Waals surface area contributed by atoms with Crippen LogP contribution in [0.25, 0.3) is 0 Å². The number of carbonyl (C=O) groups is 1. The molecule has 0 aromatic heterocycles. The van der Waals surface area contributed by atoms with Crippen molar-refractivity contribution >= 4 is 23.2 Å². The molecule has 2 rings (SSSR count). The van der Waals surface area contributed by atoms with Crippen molar-refractivity contribution in [1.82, 2.24) is 10.6 Å². The lowest BCUT2D eigenvalue weighted by molar-refractivity contribution is 0.0976. The molecule has 2 aromatic carbocycles. The Kier molecular flexibility index (Phi) is 9.41. The molecular formula is C23H30N2O4S. The average molecular weight is 431 g/mol. The molecule has 0 heterocycles. The van der Waals surface area contributed by atoms with Crippen LogP contribution in [0, 0.1) is 0 Å². The molecule has 0 saturated heterocycles. The van der Waals surface area contributed by atoms with Gasteiger partial charge in [-0.15, -0.1) is 0 Å². The third-order valence-corrected chi connectivity index (χ3v) is 4.40. The molecule has 0 bridgehead atoms. The summed E-state index contributed by atoms with van der Waals surface area (Å²) in [5.41, 5.74) is 1.46. The molecule has 0 aliphatic heterocycles. The number of hydrogen-bond donors (Lipinski definition) is 2. The average Bonchev–Trinajstić information content (AvgIpc) is 2.73. The second-order valence-corrected chi connectivity index (χ2v) is 7.42. The standard InChI is InChI=1S/C23H30N2O4S/c1-5-6-13-28-20-12-7-17(14-21(20)27-4)15-24-23(30)25-22(26)18-8-10-19(11-9-18)29-16(2)3/h7-12,14,16H,5-6,13,15H2,1-4H3,(H2,24,25,26,30). The molecule has 0 radical (unpaired) electrons. The van der Waals surface area contributed by atoms with Crippen LogP contribution in [0.3, 0.4) is 0 Å². The first-order valence-corrected chi connectivity index (χ1v) is 10.5. The molecule has 0 spiro atoms. The van der Waals surface area contributed by atoms with Gasteiger partial charge in [0.25, 0.3) is 5.91 Å². The fourth-order valence-electron chi connectivity index (χ4n) is 2.63. The monoisotopic (exact) mass is 430 g/mol. The topological polar surface area (TPSA) is 68.8 Å². The van der Waals surface area contributed by atoms with E-state index in [-0.39, 0.29) is 17.1 Å². The van der Waals surface area contributed by atoms with Gasteiger partial charge in [0.05, 0.1) is 19.8 Å². The van der Waals surface area contributed by atoms with Crippen molar-refractivity contribution < 1.29 is 19.0 Å². The third-order valence-electron chi connectivity index (χ3n) is 4.15. The van der Waals surface area contributed by atoms with E-state index >= 15 is 0 Å². The van der Waals surface area contributed by atoms with Crippen molar-refractivity contribution in [2.45, 2.75) is 46.3 Å². The van der Waals surface area contributed by atoms with Gasteiger partial charge in [0, 0.05) is 12.1 Å². The Balaban J connectivity index is 1.87. The molecule has 162 valence electrons. The third kappa shape index (κ3) is 7.55. The van der Waals surface area contributed by atoms with Crippen molar-refractivity contribution in [3.8, 4) is 17.2 Å². The van der Waals surface area contributed by atoms with Gasteiger partial charge in [-0.1, -0.05) is 19.4 Å². The fourth-order valence-corrected chi connectivity index (χ4v) is 2.79. The molecule has 0 fully saturated rings. The maximum Gasteiger partial charge on any atom is 0.257 e. The number of thiocarbonyl (C=S) groups is 1. The number of rotatable bonds is 10. The minimum absolute atomic E-state index is 0.0806. The summed E-state index contributed by atoms with van der Waals surface area (Å²) >= 11 is 5.25. The highest BCUT2D eigenvalue weighted by Gasteiger charge is 2.10. The predicted molar refractivity (Wildman–Crippen MR) is 123 cm³/mol. The summed E-state index contributed by atoms with van der Waals surface area (Å²) in [5, 5.41) is 5.98. The number of amides is 1. The van der Waals surface area contributed by atoms with E-state index in [4.69, 9.17) is 26.4 Å². The zero-order valence-corrected chi connectivity index (χ0v) is 18.8. The Hall–Kier alpha value is -2.80. The van der Waals surface area contributed by atoms with Crippen molar-refractivity contribution in [2.24, 2.45) is 0 Å². The van der Waals surface area contributed by atoms with Gasteiger partial charge in [-0.05, 0) is 74.4 Å². The van der Waals surface area contributed by atoms with Crippen LogP contribution in [0.2, 0.25) is 0 Å². The lowest BCUT2D eigenvalue weighted by Crippen LogP contribution is -2.38. The lowest BCUT2D eigenvalue weighted by atomic mass is 10.2. The Labute approximate surface area is 183 Å². The Morgan fingerprint density at radius 2 is 1.83 bits per heavy atom. The van der Waals surface area contributed by atoms with Crippen LogP contribution in [0.15, 0.2) is 42.5 Å². The van der Waals surface area contributed by atoms with Crippen molar-refractivity contribution in [2.75, 3.05) is 13.7 Å². The Morgan fingerprint density at radius 3 is 2.47 bits per heavy atom.